The first-order valence-electron chi connectivity index (χ1n) is 9.25. The van der Waals surface area contributed by atoms with Crippen LogP contribution in [0.15, 0.2) is 89.9 Å². The van der Waals surface area contributed by atoms with E-state index in [0.717, 1.165) is 12.2 Å². The third kappa shape index (κ3) is 4.02. The van der Waals surface area contributed by atoms with E-state index in [9.17, 15) is 0 Å². The highest BCUT2D eigenvalue weighted by molar-refractivity contribution is 7.99. The number of fused-ring (bicyclic) bond motifs is 2. The average molecular weight is 387 g/mol. The van der Waals surface area contributed by atoms with E-state index in [2.05, 4.69) is 98.0 Å². The van der Waals surface area contributed by atoms with Crippen LogP contribution in [0.1, 0.15) is 22.9 Å². The molecule has 3 aromatic rings. The molecule has 0 fully saturated rings. The molecule has 0 N–H and O–H groups in total. The minimum Gasteiger partial charge on any atom is -0.135 e. The van der Waals surface area contributed by atoms with Gasteiger partial charge in [-0.1, -0.05) is 72.9 Å². The molecule has 2 heteroatoms. The number of allylic oxidation sites excluding steroid dienone is 6. The number of benzene rings is 2. The van der Waals surface area contributed by atoms with Gasteiger partial charge in [0.2, 0.25) is 0 Å². The lowest BCUT2D eigenvalue weighted by molar-refractivity contribution is 1.18. The fourth-order valence-corrected chi connectivity index (χ4v) is 5.43. The third-order valence-corrected chi connectivity index (χ3v) is 6.79. The standard InChI is InChI=1S/C25H22S2/c1-2-3-4-16-24-25(21-13-6-8-15-23(21)27-24)20-12-9-11-19-10-5-7-14-22(19)26-18-17-20/h2-10,12-17H,11,18H2,1H3/b3-2+,12-9?,16-4+,20-17?. The molecule has 2 aromatic carbocycles. The summed E-state index contributed by atoms with van der Waals surface area (Å²) >= 11 is 3.80. The molecule has 4 rings (SSSR count). The van der Waals surface area contributed by atoms with Crippen LogP contribution in [0, 0.1) is 0 Å². The van der Waals surface area contributed by atoms with Crippen molar-refractivity contribution in [3.8, 4) is 0 Å². The van der Waals surface area contributed by atoms with Crippen molar-refractivity contribution in [2.75, 3.05) is 5.75 Å². The first-order valence-corrected chi connectivity index (χ1v) is 11.1. The average Bonchev–Trinajstić information content (AvgIpc) is 3.10. The third-order valence-electron chi connectivity index (χ3n) is 4.61. The largest absolute Gasteiger partial charge is 0.135 e. The van der Waals surface area contributed by atoms with E-state index in [1.165, 1.54) is 36.6 Å². The molecule has 0 bridgehead atoms. The van der Waals surface area contributed by atoms with Gasteiger partial charge in [-0.15, -0.1) is 23.1 Å². The second-order valence-electron chi connectivity index (χ2n) is 6.41. The maximum Gasteiger partial charge on any atom is 0.0361 e. The molecular weight excluding hydrogens is 364 g/mol. The molecule has 0 saturated carbocycles. The predicted octanol–water partition coefficient (Wildman–Crippen LogP) is 7.78. The van der Waals surface area contributed by atoms with Crippen LogP contribution in [0.2, 0.25) is 0 Å². The Hall–Kier alpha value is -2.29. The zero-order valence-corrected chi connectivity index (χ0v) is 17.0. The van der Waals surface area contributed by atoms with Crippen molar-refractivity contribution in [2.45, 2.75) is 18.2 Å². The lowest BCUT2D eigenvalue weighted by Crippen LogP contribution is -1.84. The Kier molecular flexibility index (Phi) is 5.76. The number of rotatable bonds is 3. The Balaban J connectivity index is 1.79. The van der Waals surface area contributed by atoms with Gasteiger partial charge in [0, 0.05) is 31.2 Å². The molecule has 1 aromatic heterocycles. The summed E-state index contributed by atoms with van der Waals surface area (Å²) in [4.78, 5) is 2.72. The molecule has 0 spiro atoms. The molecule has 0 radical (unpaired) electrons. The second-order valence-corrected chi connectivity index (χ2v) is 8.55. The van der Waals surface area contributed by atoms with Crippen LogP contribution in [0.4, 0.5) is 0 Å². The molecule has 0 amide bonds. The van der Waals surface area contributed by atoms with Crippen molar-refractivity contribution in [3.05, 3.63) is 101 Å². The maximum atomic E-state index is 2.38. The molecular formula is C25H22S2. The molecule has 0 nitrogen and oxygen atoms in total. The van der Waals surface area contributed by atoms with Gasteiger partial charge in [0.05, 0.1) is 0 Å². The Morgan fingerprint density at radius 3 is 2.74 bits per heavy atom. The van der Waals surface area contributed by atoms with Crippen LogP contribution in [-0.2, 0) is 6.42 Å². The normalized spacial score (nSPS) is 14.9. The maximum absolute atomic E-state index is 2.38. The first-order chi connectivity index (χ1) is 13.4. The van der Waals surface area contributed by atoms with Crippen LogP contribution in [0.25, 0.3) is 21.7 Å². The fraction of sp³-hybridized carbons (Fsp3) is 0.120. The molecule has 134 valence electrons. The van der Waals surface area contributed by atoms with Gasteiger partial charge in [0.1, 0.15) is 0 Å². The van der Waals surface area contributed by atoms with Crippen LogP contribution in [0.5, 0.6) is 0 Å². The molecule has 0 saturated heterocycles. The van der Waals surface area contributed by atoms with Crippen molar-refractivity contribution >= 4 is 44.8 Å². The van der Waals surface area contributed by atoms with E-state index in [-0.39, 0.29) is 0 Å². The van der Waals surface area contributed by atoms with E-state index < -0.39 is 0 Å². The van der Waals surface area contributed by atoms with Crippen LogP contribution >= 0.6 is 23.1 Å². The van der Waals surface area contributed by atoms with E-state index in [4.69, 9.17) is 0 Å². The van der Waals surface area contributed by atoms with Gasteiger partial charge in [0.25, 0.3) is 0 Å². The molecule has 27 heavy (non-hydrogen) atoms. The van der Waals surface area contributed by atoms with Crippen LogP contribution < -0.4 is 0 Å². The number of thiophene rings is 1. The Morgan fingerprint density at radius 1 is 0.963 bits per heavy atom. The zero-order chi connectivity index (χ0) is 18.5. The quantitative estimate of drug-likeness (QED) is 0.414. The molecule has 1 aliphatic rings. The summed E-state index contributed by atoms with van der Waals surface area (Å²) in [7, 11) is 0. The monoisotopic (exact) mass is 386 g/mol. The lowest BCUT2D eigenvalue weighted by atomic mass is 10.00. The summed E-state index contributed by atoms with van der Waals surface area (Å²) < 4.78 is 1.35. The van der Waals surface area contributed by atoms with E-state index in [0.29, 0.717) is 0 Å². The highest BCUT2D eigenvalue weighted by Gasteiger charge is 2.13. The predicted molar refractivity (Wildman–Crippen MR) is 124 cm³/mol. The van der Waals surface area contributed by atoms with Gasteiger partial charge >= 0.3 is 0 Å². The van der Waals surface area contributed by atoms with Gasteiger partial charge in [-0.2, -0.15) is 0 Å². The van der Waals surface area contributed by atoms with Gasteiger partial charge in [-0.3, -0.25) is 0 Å². The van der Waals surface area contributed by atoms with Crippen molar-refractivity contribution in [3.63, 3.8) is 0 Å². The van der Waals surface area contributed by atoms with Crippen molar-refractivity contribution in [1.29, 1.82) is 0 Å². The summed E-state index contributed by atoms with van der Waals surface area (Å²) in [5.41, 5.74) is 4.10. The number of thioether (sulfide) groups is 1. The highest BCUT2D eigenvalue weighted by Crippen LogP contribution is 2.38. The summed E-state index contributed by atoms with van der Waals surface area (Å²) in [5.74, 6) is 0.985. The molecule has 0 aliphatic carbocycles. The minimum atomic E-state index is 0.979. The van der Waals surface area contributed by atoms with Crippen LogP contribution in [-0.4, -0.2) is 5.75 Å². The summed E-state index contributed by atoms with van der Waals surface area (Å²) in [6.07, 6.45) is 16.5. The Labute approximate surface area is 169 Å². The van der Waals surface area contributed by atoms with Gasteiger partial charge in [-0.05, 0) is 42.7 Å². The lowest BCUT2D eigenvalue weighted by Gasteiger charge is -2.05. The van der Waals surface area contributed by atoms with E-state index in [1.807, 2.05) is 23.1 Å². The SMILES string of the molecule is C/C=C/C=C/c1sc2ccccc2c1C1=CCSc2ccccc2CC=C1. The van der Waals surface area contributed by atoms with Gasteiger partial charge < -0.3 is 0 Å². The highest BCUT2D eigenvalue weighted by atomic mass is 32.2. The summed E-state index contributed by atoms with van der Waals surface area (Å²) in [6.45, 7) is 2.05. The number of hydrogen-bond acceptors (Lipinski definition) is 2. The van der Waals surface area contributed by atoms with E-state index in [1.54, 1.807) is 0 Å². The summed E-state index contributed by atoms with van der Waals surface area (Å²) in [6, 6.07) is 17.5. The smallest absolute Gasteiger partial charge is 0.0361 e. The Morgan fingerprint density at radius 2 is 1.81 bits per heavy atom. The minimum absolute atomic E-state index is 0.979. The number of hydrogen-bond donors (Lipinski definition) is 0. The van der Waals surface area contributed by atoms with Gasteiger partial charge in [-0.25, -0.2) is 0 Å². The van der Waals surface area contributed by atoms with Crippen molar-refractivity contribution in [1.82, 2.24) is 0 Å². The second kappa shape index (κ2) is 8.60. The fourth-order valence-electron chi connectivity index (χ4n) is 3.33. The molecule has 0 atom stereocenters. The van der Waals surface area contributed by atoms with Crippen LogP contribution in [0.3, 0.4) is 0 Å². The Bertz CT molecular complexity index is 1060. The van der Waals surface area contributed by atoms with Gasteiger partial charge in [0.15, 0.2) is 0 Å². The first kappa shape index (κ1) is 18.1. The summed E-state index contributed by atoms with van der Waals surface area (Å²) in [5, 5.41) is 1.35. The molecule has 2 heterocycles. The molecule has 0 unspecified atom stereocenters. The van der Waals surface area contributed by atoms with Crippen molar-refractivity contribution in [2.24, 2.45) is 0 Å². The van der Waals surface area contributed by atoms with Crippen molar-refractivity contribution < 1.29 is 0 Å². The topological polar surface area (TPSA) is 0 Å². The zero-order valence-electron chi connectivity index (χ0n) is 15.4. The van der Waals surface area contributed by atoms with E-state index >= 15 is 0 Å². The molecule has 1 aliphatic heterocycles.